The lowest BCUT2D eigenvalue weighted by Crippen LogP contribution is -2.42. The minimum atomic E-state index is -5.08. The number of aliphatic carboxylic acids is 1. The van der Waals surface area contributed by atoms with Crippen LogP contribution in [0.15, 0.2) is 22.8 Å². The van der Waals surface area contributed by atoms with Crippen molar-refractivity contribution in [2.24, 2.45) is 5.92 Å². The number of carboxylic acids is 1. The van der Waals surface area contributed by atoms with E-state index in [2.05, 4.69) is 20.4 Å². The molecule has 9 nitrogen and oxygen atoms in total. The van der Waals surface area contributed by atoms with Crippen LogP contribution in [-0.4, -0.2) is 58.7 Å². The third-order valence-electron chi connectivity index (χ3n) is 4.89. The van der Waals surface area contributed by atoms with Crippen LogP contribution in [0.2, 0.25) is 0 Å². The number of fused-ring (bicyclic) bond motifs is 1. The second-order valence-corrected chi connectivity index (χ2v) is 8.26. The summed E-state index contributed by atoms with van der Waals surface area (Å²) in [5, 5.41) is 20.2. The van der Waals surface area contributed by atoms with Gasteiger partial charge in [-0.05, 0) is 37.8 Å². The SMILES string of the molecule is Cc1nnc(N2CC[C@H]3C[C@@H](C(=O)NCc4ccco4)O[C@@H]3C2)s1.O=C(O)C(F)(F)F. The van der Waals surface area contributed by atoms with E-state index in [4.69, 9.17) is 19.1 Å². The molecule has 0 bridgehead atoms. The van der Waals surface area contributed by atoms with Gasteiger partial charge in [-0.2, -0.15) is 13.2 Å². The number of piperidine rings is 1. The maximum Gasteiger partial charge on any atom is 0.490 e. The first kappa shape index (κ1) is 23.0. The van der Waals surface area contributed by atoms with E-state index in [1.807, 2.05) is 19.1 Å². The Morgan fingerprint density at radius 3 is 2.71 bits per heavy atom. The zero-order valence-electron chi connectivity index (χ0n) is 16.5. The van der Waals surface area contributed by atoms with E-state index in [1.54, 1.807) is 17.6 Å². The number of ether oxygens (including phenoxy) is 1. The first-order valence-electron chi connectivity index (χ1n) is 9.44. The first-order valence-corrected chi connectivity index (χ1v) is 10.3. The maximum atomic E-state index is 12.3. The number of carbonyl (C=O) groups excluding carboxylic acids is 1. The number of furan rings is 1. The van der Waals surface area contributed by atoms with Gasteiger partial charge in [-0.3, -0.25) is 4.79 Å². The minimum absolute atomic E-state index is 0.0564. The standard InChI is InChI=1S/C16H20N4O3S.C2HF3O2/c1-10-18-19-16(24-10)20-5-4-11-7-13(23-14(11)9-20)15(21)17-8-12-3-2-6-22-12;3-2(4,5)1(6)7/h2-3,6,11,13-14H,4-5,7-9H2,1H3,(H,17,21);(H,6,7)/t11-,13-,14+;/m0./s1. The number of nitrogens with one attached hydrogen (secondary N) is 1. The molecule has 0 radical (unpaired) electrons. The zero-order valence-corrected chi connectivity index (χ0v) is 17.3. The Kier molecular flexibility index (Phi) is 7.15. The number of aromatic nitrogens is 2. The number of anilines is 1. The summed E-state index contributed by atoms with van der Waals surface area (Å²) in [6.45, 7) is 4.08. The van der Waals surface area contributed by atoms with Crippen molar-refractivity contribution in [3.05, 3.63) is 29.2 Å². The van der Waals surface area contributed by atoms with Crippen LogP contribution >= 0.6 is 11.3 Å². The molecule has 170 valence electrons. The van der Waals surface area contributed by atoms with Gasteiger partial charge in [-0.15, -0.1) is 10.2 Å². The zero-order chi connectivity index (χ0) is 22.6. The number of hydrogen-bond donors (Lipinski definition) is 2. The molecular weight excluding hydrogens is 441 g/mol. The van der Waals surface area contributed by atoms with Crippen molar-refractivity contribution in [1.29, 1.82) is 0 Å². The summed E-state index contributed by atoms with van der Waals surface area (Å²) >= 11 is 1.60. The molecule has 3 atom stereocenters. The van der Waals surface area contributed by atoms with Crippen molar-refractivity contribution in [3.8, 4) is 0 Å². The summed E-state index contributed by atoms with van der Waals surface area (Å²) in [5.41, 5.74) is 0. The van der Waals surface area contributed by atoms with Gasteiger partial charge in [-0.25, -0.2) is 4.79 Å². The molecule has 2 aromatic rings. The molecule has 2 N–H and O–H groups in total. The van der Waals surface area contributed by atoms with Crippen LogP contribution in [0.3, 0.4) is 0 Å². The lowest BCUT2D eigenvalue weighted by molar-refractivity contribution is -0.192. The Hall–Kier alpha value is -2.67. The van der Waals surface area contributed by atoms with E-state index in [0.717, 1.165) is 41.8 Å². The van der Waals surface area contributed by atoms with E-state index in [1.165, 1.54) is 0 Å². The summed E-state index contributed by atoms with van der Waals surface area (Å²) in [5.74, 6) is -1.63. The van der Waals surface area contributed by atoms with Crippen molar-refractivity contribution >= 4 is 28.3 Å². The van der Waals surface area contributed by atoms with Gasteiger partial charge in [0.05, 0.1) is 18.9 Å². The molecule has 31 heavy (non-hydrogen) atoms. The molecule has 2 aliphatic heterocycles. The second kappa shape index (κ2) is 9.64. The average Bonchev–Trinajstić information content (AvgIpc) is 3.45. The number of hydrogen-bond acceptors (Lipinski definition) is 8. The largest absolute Gasteiger partial charge is 0.490 e. The van der Waals surface area contributed by atoms with E-state index in [9.17, 15) is 18.0 Å². The highest BCUT2D eigenvalue weighted by Gasteiger charge is 2.42. The molecule has 2 fully saturated rings. The molecule has 1 amide bonds. The number of rotatable bonds is 4. The predicted octanol–water partition coefficient (Wildman–Crippen LogP) is 2.37. The van der Waals surface area contributed by atoms with Crippen molar-refractivity contribution < 1.29 is 37.0 Å². The minimum Gasteiger partial charge on any atom is -0.475 e. The predicted molar refractivity (Wildman–Crippen MR) is 102 cm³/mol. The highest BCUT2D eigenvalue weighted by Crippen LogP contribution is 2.35. The maximum absolute atomic E-state index is 12.3. The number of carboxylic acid groups (broad SMARTS) is 1. The lowest BCUT2D eigenvalue weighted by Gasteiger charge is -2.33. The quantitative estimate of drug-likeness (QED) is 0.711. The van der Waals surface area contributed by atoms with Gasteiger partial charge >= 0.3 is 12.1 Å². The Morgan fingerprint density at radius 2 is 2.13 bits per heavy atom. The second-order valence-electron chi connectivity index (χ2n) is 7.10. The highest BCUT2D eigenvalue weighted by molar-refractivity contribution is 7.15. The van der Waals surface area contributed by atoms with Gasteiger partial charge in [0.2, 0.25) is 11.0 Å². The third kappa shape index (κ3) is 6.17. The van der Waals surface area contributed by atoms with E-state index < -0.39 is 12.1 Å². The molecule has 2 saturated heterocycles. The smallest absolute Gasteiger partial charge is 0.475 e. The number of carbonyl (C=O) groups is 2. The molecule has 2 aliphatic rings. The topological polar surface area (TPSA) is 118 Å². The summed E-state index contributed by atoms with van der Waals surface area (Å²) < 4.78 is 43.0. The molecule has 4 heterocycles. The molecular formula is C18H21F3N4O5S. The first-order chi connectivity index (χ1) is 14.6. The van der Waals surface area contributed by atoms with Crippen LogP contribution in [0, 0.1) is 12.8 Å². The van der Waals surface area contributed by atoms with E-state index in [-0.39, 0.29) is 18.1 Å². The van der Waals surface area contributed by atoms with Crippen LogP contribution in [0.25, 0.3) is 0 Å². The summed E-state index contributed by atoms with van der Waals surface area (Å²) in [7, 11) is 0. The summed E-state index contributed by atoms with van der Waals surface area (Å²) in [6, 6.07) is 3.66. The number of halogens is 3. The van der Waals surface area contributed by atoms with Crippen LogP contribution in [0.5, 0.6) is 0 Å². The van der Waals surface area contributed by atoms with Crippen LogP contribution < -0.4 is 10.2 Å². The summed E-state index contributed by atoms with van der Waals surface area (Å²) in [6.07, 6.45) is -1.96. The molecule has 0 aromatic carbocycles. The fourth-order valence-electron chi connectivity index (χ4n) is 3.39. The number of amides is 1. The van der Waals surface area contributed by atoms with Gasteiger partial charge in [0.1, 0.15) is 16.9 Å². The molecule has 13 heteroatoms. The van der Waals surface area contributed by atoms with Gasteiger partial charge in [0, 0.05) is 13.1 Å². The van der Waals surface area contributed by atoms with Gasteiger partial charge < -0.3 is 24.5 Å². The fourth-order valence-corrected chi connectivity index (χ4v) is 4.11. The highest BCUT2D eigenvalue weighted by atomic mass is 32.1. The van der Waals surface area contributed by atoms with Gasteiger partial charge in [0.25, 0.3) is 0 Å². The van der Waals surface area contributed by atoms with Gasteiger partial charge in [0.15, 0.2) is 0 Å². The van der Waals surface area contributed by atoms with E-state index in [0.29, 0.717) is 12.5 Å². The normalized spacial score (nSPS) is 23.0. The molecule has 0 unspecified atom stereocenters. The number of alkyl halides is 3. The molecule has 2 aromatic heterocycles. The Labute approximate surface area is 179 Å². The van der Waals surface area contributed by atoms with E-state index >= 15 is 0 Å². The number of nitrogens with zero attached hydrogens (tertiary/aromatic N) is 3. The molecule has 0 aliphatic carbocycles. The Balaban J connectivity index is 0.000000339. The van der Waals surface area contributed by atoms with Crippen molar-refractivity contribution in [2.45, 2.75) is 44.7 Å². The fraction of sp³-hybridized carbons (Fsp3) is 0.556. The molecule has 0 spiro atoms. The Bertz CT molecular complexity index is 889. The monoisotopic (exact) mass is 462 g/mol. The number of aryl methyl sites for hydroxylation is 1. The summed E-state index contributed by atoms with van der Waals surface area (Å²) in [4.78, 5) is 23.4. The third-order valence-corrected chi connectivity index (χ3v) is 5.79. The van der Waals surface area contributed by atoms with Gasteiger partial charge in [-0.1, -0.05) is 11.3 Å². The van der Waals surface area contributed by atoms with Crippen LogP contribution in [-0.2, 0) is 20.9 Å². The Morgan fingerprint density at radius 1 is 1.39 bits per heavy atom. The van der Waals surface area contributed by atoms with Crippen molar-refractivity contribution in [3.63, 3.8) is 0 Å². The van der Waals surface area contributed by atoms with Crippen LogP contribution in [0.1, 0.15) is 23.6 Å². The lowest BCUT2D eigenvalue weighted by atomic mass is 9.92. The molecule has 4 rings (SSSR count). The molecule has 0 saturated carbocycles. The average molecular weight is 462 g/mol. The van der Waals surface area contributed by atoms with Crippen LogP contribution in [0.4, 0.5) is 18.3 Å². The van der Waals surface area contributed by atoms with Crippen molar-refractivity contribution in [2.75, 3.05) is 18.0 Å². The van der Waals surface area contributed by atoms with Crippen molar-refractivity contribution in [1.82, 2.24) is 15.5 Å².